The van der Waals surface area contributed by atoms with Crippen LogP contribution in [-0.2, 0) is 9.47 Å². The Balaban J connectivity index is 2.27. The molecule has 1 aliphatic heterocycles. The number of nitrogens with two attached hydrogens (primary N) is 1. The summed E-state index contributed by atoms with van der Waals surface area (Å²) in [5.74, 6) is 0.654. The molecule has 0 saturated carbocycles. The number of ether oxygens (including phenoxy) is 3. The molecule has 10 nitrogen and oxygen atoms in total. The number of anilines is 1. The zero-order valence-corrected chi connectivity index (χ0v) is 18.0. The summed E-state index contributed by atoms with van der Waals surface area (Å²) in [4.78, 5) is 8.20. The van der Waals surface area contributed by atoms with Crippen LogP contribution in [0.3, 0.4) is 0 Å². The average Bonchev–Trinajstić information content (AvgIpc) is 2.77. The molecule has 11 heteroatoms. The van der Waals surface area contributed by atoms with Gasteiger partial charge in [0.15, 0.2) is 12.0 Å². The lowest BCUT2D eigenvalue weighted by atomic mass is 10.0. The smallest absolute Gasteiger partial charge is 0.232 e. The third-order valence-electron chi connectivity index (χ3n) is 4.39. The van der Waals surface area contributed by atoms with Crippen molar-refractivity contribution < 1.29 is 14.2 Å². The van der Waals surface area contributed by atoms with Crippen LogP contribution in [0.15, 0.2) is 35.1 Å². The minimum Gasteiger partial charge on any atom is -0.437 e. The first-order valence-electron chi connectivity index (χ1n) is 9.45. The van der Waals surface area contributed by atoms with Crippen molar-refractivity contribution in [1.29, 1.82) is 15.8 Å². The van der Waals surface area contributed by atoms with E-state index in [-0.39, 0.29) is 27.6 Å². The van der Waals surface area contributed by atoms with E-state index in [0.717, 1.165) is 6.20 Å². The van der Waals surface area contributed by atoms with E-state index in [4.69, 9.17) is 42.7 Å². The van der Waals surface area contributed by atoms with Crippen LogP contribution in [0.1, 0.15) is 36.8 Å². The van der Waals surface area contributed by atoms with E-state index in [2.05, 4.69) is 9.98 Å². The molecule has 0 spiro atoms. The lowest BCUT2D eigenvalue weighted by Gasteiger charge is -2.30. The van der Waals surface area contributed by atoms with Crippen molar-refractivity contribution >= 4 is 23.9 Å². The lowest BCUT2D eigenvalue weighted by Crippen LogP contribution is -2.28. The number of allylic oxidation sites excluding steroid dienone is 1. The molecule has 0 fully saturated rings. The van der Waals surface area contributed by atoms with Gasteiger partial charge in [0.25, 0.3) is 0 Å². The Hall–Kier alpha value is -4.08. The Bertz CT molecular complexity index is 1290. The zero-order valence-electron chi connectivity index (χ0n) is 17.2. The number of aromatic nitrogens is 2. The van der Waals surface area contributed by atoms with E-state index in [1.807, 2.05) is 19.9 Å². The van der Waals surface area contributed by atoms with Crippen LogP contribution < -0.4 is 10.5 Å². The number of hydrogen-bond acceptors (Lipinski definition) is 10. The zero-order chi connectivity index (χ0) is 23.3. The van der Waals surface area contributed by atoms with Crippen molar-refractivity contribution in [1.82, 2.24) is 9.55 Å². The summed E-state index contributed by atoms with van der Waals surface area (Å²) in [6.45, 7) is 4.50. The highest BCUT2D eigenvalue weighted by Gasteiger charge is 2.35. The number of fused-ring (bicyclic) bond motifs is 1. The van der Waals surface area contributed by atoms with Gasteiger partial charge in [-0.25, -0.2) is 9.98 Å². The van der Waals surface area contributed by atoms with Crippen LogP contribution in [0.25, 0.3) is 5.69 Å². The van der Waals surface area contributed by atoms with Crippen LogP contribution >= 0.6 is 12.2 Å². The van der Waals surface area contributed by atoms with Crippen molar-refractivity contribution in [2.75, 3.05) is 18.9 Å². The quantitative estimate of drug-likeness (QED) is 0.382. The van der Waals surface area contributed by atoms with Gasteiger partial charge < -0.3 is 19.9 Å². The second kappa shape index (κ2) is 9.82. The number of hydrogen-bond donors (Lipinski definition) is 1. The molecule has 1 aliphatic rings. The SMILES string of the molecule is CCOC(OCC)c1ccc(-n2c(N)c(C#N)cnc2=S)c2c1OC2=NC=C(C#N)C#N. The summed E-state index contributed by atoms with van der Waals surface area (Å²) >= 11 is 5.34. The van der Waals surface area contributed by atoms with E-state index in [0.29, 0.717) is 35.8 Å². The molecule has 2 heterocycles. The minimum absolute atomic E-state index is 0.102. The summed E-state index contributed by atoms with van der Waals surface area (Å²) in [6, 6.07) is 8.90. The maximum atomic E-state index is 9.34. The number of benzene rings is 1. The second-order valence-corrected chi connectivity index (χ2v) is 6.58. The predicted octanol–water partition coefficient (Wildman–Crippen LogP) is 3.20. The van der Waals surface area contributed by atoms with Gasteiger partial charge in [0.05, 0.1) is 23.6 Å². The molecular formula is C21H17N7O3S. The molecule has 3 rings (SSSR count). The van der Waals surface area contributed by atoms with Crippen molar-refractivity contribution in [2.24, 2.45) is 4.99 Å². The fourth-order valence-electron chi connectivity index (χ4n) is 2.99. The molecule has 2 N–H and O–H groups in total. The third kappa shape index (κ3) is 4.07. The molecule has 160 valence electrons. The van der Waals surface area contributed by atoms with Crippen molar-refractivity contribution in [2.45, 2.75) is 20.1 Å². The normalized spacial score (nSPS) is 12.7. The molecule has 0 radical (unpaired) electrons. The molecule has 1 aromatic carbocycles. The van der Waals surface area contributed by atoms with Crippen LogP contribution in [-0.4, -0.2) is 28.7 Å². The number of nitriles is 3. The summed E-state index contributed by atoms with van der Waals surface area (Å²) in [5, 5.41) is 27.3. The van der Waals surface area contributed by atoms with Crippen LogP contribution in [0.2, 0.25) is 0 Å². The molecular weight excluding hydrogens is 430 g/mol. The maximum Gasteiger partial charge on any atom is 0.232 e. The molecule has 0 amide bonds. The van der Waals surface area contributed by atoms with Crippen LogP contribution in [0.5, 0.6) is 5.75 Å². The lowest BCUT2D eigenvalue weighted by molar-refractivity contribution is -0.141. The van der Waals surface area contributed by atoms with Crippen LogP contribution in [0.4, 0.5) is 5.82 Å². The first kappa shape index (κ1) is 22.6. The van der Waals surface area contributed by atoms with Gasteiger partial charge in [-0.15, -0.1) is 0 Å². The highest BCUT2D eigenvalue weighted by Crippen LogP contribution is 2.43. The van der Waals surface area contributed by atoms with Gasteiger partial charge in [-0.05, 0) is 38.2 Å². The van der Waals surface area contributed by atoms with Crippen molar-refractivity contribution in [3.8, 4) is 29.6 Å². The Morgan fingerprint density at radius 1 is 1.28 bits per heavy atom. The van der Waals surface area contributed by atoms with Gasteiger partial charge in [-0.2, -0.15) is 15.8 Å². The number of aliphatic imine (C=N–C) groups is 1. The third-order valence-corrected chi connectivity index (χ3v) is 4.68. The molecule has 0 unspecified atom stereocenters. The highest BCUT2D eigenvalue weighted by atomic mass is 32.1. The largest absolute Gasteiger partial charge is 0.437 e. The van der Waals surface area contributed by atoms with E-state index in [1.165, 1.54) is 10.8 Å². The fraction of sp³-hybridized carbons (Fsp3) is 0.238. The Morgan fingerprint density at radius 3 is 2.56 bits per heavy atom. The Kier molecular flexibility index (Phi) is 6.93. The monoisotopic (exact) mass is 447 g/mol. The van der Waals surface area contributed by atoms with E-state index < -0.39 is 6.29 Å². The van der Waals surface area contributed by atoms with Gasteiger partial charge in [0.1, 0.15) is 40.7 Å². The minimum atomic E-state index is -0.687. The fourth-order valence-corrected chi connectivity index (χ4v) is 3.24. The van der Waals surface area contributed by atoms with Gasteiger partial charge in [0, 0.05) is 13.2 Å². The van der Waals surface area contributed by atoms with Gasteiger partial charge in [0.2, 0.25) is 10.7 Å². The van der Waals surface area contributed by atoms with E-state index in [1.54, 1.807) is 24.3 Å². The van der Waals surface area contributed by atoms with Gasteiger partial charge in [-0.3, -0.25) is 4.57 Å². The molecule has 32 heavy (non-hydrogen) atoms. The van der Waals surface area contributed by atoms with Gasteiger partial charge in [-0.1, -0.05) is 0 Å². The Labute approximate surface area is 189 Å². The molecule has 0 aliphatic carbocycles. The number of nitrogen functional groups attached to an aromatic ring is 1. The van der Waals surface area contributed by atoms with Crippen molar-refractivity contribution in [3.05, 3.63) is 51.6 Å². The summed E-state index contributed by atoms with van der Waals surface area (Å²) in [6.07, 6.45) is 1.71. The van der Waals surface area contributed by atoms with Crippen molar-refractivity contribution in [3.63, 3.8) is 0 Å². The summed E-state index contributed by atoms with van der Waals surface area (Å²) in [5.41, 5.74) is 7.71. The molecule has 0 atom stereocenters. The standard InChI is InChI=1S/C21H17N7O3S/c1-3-29-20(30-4-2)14-5-6-15(28-18(25)13(9-24)11-27-21(28)32)16-17(14)31-19(16)26-10-12(7-22)8-23/h5-6,10-11,20H,3-4,25H2,1-2H3. The highest BCUT2D eigenvalue weighted by molar-refractivity contribution is 7.71. The second-order valence-electron chi connectivity index (χ2n) is 6.21. The molecule has 2 aromatic rings. The van der Waals surface area contributed by atoms with E-state index in [9.17, 15) is 5.26 Å². The first-order valence-corrected chi connectivity index (χ1v) is 9.85. The molecule has 0 saturated heterocycles. The first-order chi connectivity index (χ1) is 15.5. The summed E-state index contributed by atoms with van der Waals surface area (Å²) < 4.78 is 18.7. The maximum absolute atomic E-state index is 9.34. The Morgan fingerprint density at radius 2 is 1.97 bits per heavy atom. The average molecular weight is 447 g/mol. The predicted molar refractivity (Wildman–Crippen MR) is 116 cm³/mol. The van der Waals surface area contributed by atoms with E-state index >= 15 is 0 Å². The molecule has 1 aromatic heterocycles. The number of nitrogens with zero attached hydrogens (tertiary/aromatic N) is 6. The van der Waals surface area contributed by atoms with Gasteiger partial charge >= 0.3 is 0 Å². The number of rotatable bonds is 7. The summed E-state index contributed by atoms with van der Waals surface area (Å²) in [7, 11) is 0. The van der Waals surface area contributed by atoms with Crippen LogP contribution in [0, 0.1) is 38.8 Å². The topological polar surface area (TPSA) is 155 Å². The molecule has 0 bridgehead atoms.